The molecule has 1 atom stereocenters. The molecule has 7 heteroatoms. The smallest absolute Gasteiger partial charge is 0.327 e. The Balaban J connectivity index is 2.30. The molecule has 0 aliphatic rings. The Labute approximate surface area is 86.9 Å². The van der Waals surface area contributed by atoms with Crippen LogP contribution in [0.5, 0.6) is 0 Å². The summed E-state index contributed by atoms with van der Waals surface area (Å²) >= 11 is 0. The molecule has 1 aromatic heterocycles. The van der Waals surface area contributed by atoms with Crippen molar-refractivity contribution in [1.82, 2.24) is 14.8 Å². The summed E-state index contributed by atoms with van der Waals surface area (Å²) in [5.74, 6) is -0.374. The van der Waals surface area contributed by atoms with Crippen molar-refractivity contribution in [3.8, 4) is 0 Å². The highest BCUT2D eigenvalue weighted by molar-refractivity contribution is 5.69. The monoisotopic (exact) mass is 214 g/mol. The second-order valence-corrected chi connectivity index (χ2v) is 3.27. The van der Waals surface area contributed by atoms with Crippen LogP contribution in [0.15, 0.2) is 6.33 Å². The Bertz CT molecular complexity index is 325. The number of aromatic nitrogens is 3. The van der Waals surface area contributed by atoms with Crippen molar-refractivity contribution in [3.63, 3.8) is 0 Å². The van der Waals surface area contributed by atoms with Crippen LogP contribution in [-0.2, 0) is 16.1 Å². The second kappa shape index (κ2) is 5.30. The van der Waals surface area contributed by atoms with E-state index in [0.717, 1.165) is 0 Å². The third kappa shape index (κ3) is 3.94. The molecule has 84 valence electrons. The number of carbonyl (C=O) groups is 1. The predicted molar refractivity (Wildman–Crippen MR) is 51.6 cm³/mol. The molecule has 0 fully saturated rings. The van der Waals surface area contributed by atoms with E-state index >= 15 is 0 Å². The van der Waals surface area contributed by atoms with E-state index in [0.29, 0.717) is 0 Å². The molecular formula is C8H14N4O3. The average Bonchev–Trinajstić information content (AvgIpc) is 2.60. The van der Waals surface area contributed by atoms with E-state index in [-0.39, 0.29) is 31.6 Å². The number of rotatable bonds is 5. The Kier molecular flexibility index (Phi) is 4.04. The van der Waals surface area contributed by atoms with E-state index < -0.39 is 5.97 Å². The maximum atomic E-state index is 11.2. The summed E-state index contributed by atoms with van der Waals surface area (Å²) in [5.41, 5.74) is 5.27. The number of carbonyl (C=O) groups excluding carboxylic acids is 1. The fourth-order valence-corrected chi connectivity index (χ4v) is 0.851. The lowest BCUT2D eigenvalue weighted by molar-refractivity contribution is -0.146. The molecule has 0 spiro atoms. The second-order valence-electron chi connectivity index (χ2n) is 3.27. The lowest BCUT2D eigenvalue weighted by atomic mass is 10.2. The molecule has 0 aromatic carbocycles. The van der Waals surface area contributed by atoms with Crippen LogP contribution >= 0.6 is 0 Å². The molecule has 15 heavy (non-hydrogen) atoms. The molecule has 3 N–H and O–H groups in total. The summed E-state index contributed by atoms with van der Waals surface area (Å²) in [5, 5.41) is 12.4. The summed E-state index contributed by atoms with van der Waals surface area (Å²) in [6.07, 6.45) is 1.35. The lowest BCUT2D eigenvalue weighted by Gasteiger charge is -2.08. The zero-order chi connectivity index (χ0) is 11.3. The molecule has 0 aliphatic heterocycles. The van der Waals surface area contributed by atoms with Gasteiger partial charge in [-0.15, -0.1) is 5.10 Å². The predicted octanol–water partition coefficient (Wildman–Crippen LogP) is -0.968. The van der Waals surface area contributed by atoms with Crippen LogP contribution < -0.4 is 5.73 Å². The van der Waals surface area contributed by atoms with E-state index in [4.69, 9.17) is 15.6 Å². The average molecular weight is 214 g/mol. The van der Waals surface area contributed by atoms with Gasteiger partial charge in [-0.3, -0.25) is 4.79 Å². The Hall–Kier alpha value is -1.63. The normalized spacial score (nSPS) is 12.4. The van der Waals surface area contributed by atoms with Crippen LogP contribution in [0.3, 0.4) is 0 Å². The van der Waals surface area contributed by atoms with Gasteiger partial charge < -0.3 is 15.6 Å². The van der Waals surface area contributed by atoms with Gasteiger partial charge >= 0.3 is 5.97 Å². The number of nitrogen functional groups attached to an aromatic ring is 1. The van der Waals surface area contributed by atoms with Crippen LogP contribution in [0.1, 0.15) is 6.92 Å². The summed E-state index contributed by atoms with van der Waals surface area (Å²) in [7, 11) is 0. The third-order valence-electron chi connectivity index (χ3n) is 1.69. The number of hydrogen-bond donors (Lipinski definition) is 2. The van der Waals surface area contributed by atoms with Crippen molar-refractivity contribution in [3.05, 3.63) is 6.33 Å². The Morgan fingerprint density at radius 3 is 3.07 bits per heavy atom. The molecule has 1 aromatic rings. The van der Waals surface area contributed by atoms with E-state index in [9.17, 15) is 4.79 Å². The van der Waals surface area contributed by atoms with Crippen molar-refractivity contribution in [1.29, 1.82) is 0 Å². The van der Waals surface area contributed by atoms with Crippen LogP contribution in [0, 0.1) is 5.92 Å². The zero-order valence-electron chi connectivity index (χ0n) is 8.46. The number of nitrogens with two attached hydrogens (primary N) is 1. The maximum Gasteiger partial charge on any atom is 0.327 e. The number of anilines is 1. The molecule has 0 saturated heterocycles. The zero-order valence-corrected chi connectivity index (χ0v) is 8.46. The van der Waals surface area contributed by atoms with Gasteiger partial charge in [-0.25, -0.2) is 9.67 Å². The van der Waals surface area contributed by atoms with Gasteiger partial charge in [0.1, 0.15) is 12.9 Å². The van der Waals surface area contributed by atoms with Crippen LogP contribution in [0.2, 0.25) is 0 Å². The molecule has 0 bridgehead atoms. The molecule has 7 nitrogen and oxygen atoms in total. The number of aliphatic hydroxyl groups is 1. The van der Waals surface area contributed by atoms with Crippen molar-refractivity contribution < 1.29 is 14.6 Å². The molecule has 0 radical (unpaired) electrons. The van der Waals surface area contributed by atoms with Gasteiger partial charge in [-0.05, 0) is 0 Å². The first-order chi connectivity index (χ1) is 7.11. The number of nitrogens with zero attached hydrogens (tertiary/aromatic N) is 3. The molecule has 1 unspecified atom stereocenters. The fourth-order valence-electron chi connectivity index (χ4n) is 0.851. The van der Waals surface area contributed by atoms with Crippen molar-refractivity contribution in [2.75, 3.05) is 18.9 Å². The summed E-state index contributed by atoms with van der Waals surface area (Å²) in [6, 6.07) is 0. The summed E-state index contributed by atoms with van der Waals surface area (Å²) < 4.78 is 6.17. The number of hydrogen-bond acceptors (Lipinski definition) is 6. The Morgan fingerprint density at radius 2 is 2.53 bits per heavy atom. The Morgan fingerprint density at radius 1 is 1.80 bits per heavy atom. The quantitative estimate of drug-likeness (QED) is 0.611. The van der Waals surface area contributed by atoms with Crippen LogP contribution in [0.25, 0.3) is 0 Å². The van der Waals surface area contributed by atoms with Gasteiger partial charge in [-0.2, -0.15) is 0 Å². The van der Waals surface area contributed by atoms with Crippen LogP contribution in [-0.4, -0.2) is 39.1 Å². The molecule has 1 heterocycles. The minimum atomic E-state index is -0.430. The highest BCUT2D eigenvalue weighted by Crippen LogP contribution is 1.96. The first kappa shape index (κ1) is 11.4. The summed E-state index contributed by atoms with van der Waals surface area (Å²) in [6.45, 7) is 1.94. The highest BCUT2D eigenvalue weighted by atomic mass is 16.5. The van der Waals surface area contributed by atoms with Gasteiger partial charge in [0.25, 0.3) is 0 Å². The van der Waals surface area contributed by atoms with E-state index in [1.807, 2.05) is 0 Å². The van der Waals surface area contributed by atoms with E-state index in [2.05, 4.69) is 10.1 Å². The minimum Gasteiger partial charge on any atom is -0.464 e. The van der Waals surface area contributed by atoms with E-state index in [1.165, 1.54) is 11.0 Å². The van der Waals surface area contributed by atoms with Crippen molar-refractivity contribution in [2.45, 2.75) is 13.5 Å². The van der Waals surface area contributed by atoms with Gasteiger partial charge in [0, 0.05) is 12.5 Å². The molecule has 0 saturated carbocycles. The number of ether oxygens (including phenoxy) is 1. The summed E-state index contributed by atoms with van der Waals surface area (Å²) in [4.78, 5) is 14.9. The minimum absolute atomic E-state index is 0.0104. The number of aliphatic hydroxyl groups excluding tert-OH is 1. The maximum absolute atomic E-state index is 11.2. The third-order valence-corrected chi connectivity index (χ3v) is 1.69. The SMILES string of the molecule is CC(CO)COC(=O)Cn1cnc(N)n1. The molecule has 0 amide bonds. The van der Waals surface area contributed by atoms with Gasteiger partial charge in [-0.1, -0.05) is 6.92 Å². The standard InChI is InChI=1S/C8H14N4O3/c1-6(3-13)4-15-7(14)2-12-5-10-8(9)11-12/h5-6,13H,2-4H2,1H3,(H2,9,11). The van der Waals surface area contributed by atoms with Crippen molar-refractivity contribution in [2.24, 2.45) is 5.92 Å². The largest absolute Gasteiger partial charge is 0.464 e. The molecule has 0 aliphatic carbocycles. The highest BCUT2D eigenvalue weighted by Gasteiger charge is 2.08. The molecular weight excluding hydrogens is 200 g/mol. The molecule has 1 rings (SSSR count). The van der Waals surface area contributed by atoms with Crippen molar-refractivity contribution >= 4 is 11.9 Å². The first-order valence-electron chi connectivity index (χ1n) is 4.53. The van der Waals surface area contributed by atoms with Gasteiger partial charge in [0.15, 0.2) is 0 Å². The topological polar surface area (TPSA) is 103 Å². The number of esters is 1. The first-order valence-corrected chi connectivity index (χ1v) is 4.53. The van der Waals surface area contributed by atoms with Crippen LogP contribution in [0.4, 0.5) is 5.95 Å². The van der Waals surface area contributed by atoms with E-state index in [1.54, 1.807) is 6.92 Å². The lowest BCUT2D eigenvalue weighted by Crippen LogP contribution is -2.19. The fraction of sp³-hybridized carbons (Fsp3) is 0.625. The van der Waals surface area contributed by atoms with Gasteiger partial charge in [0.2, 0.25) is 5.95 Å². The van der Waals surface area contributed by atoms with Gasteiger partial charge in [0.05, 0.1) is 6.61 Å².